The summed E-state index contributed by atoms with van der Waals surface area (Å²) in [5.74, 6) is 0.120. The fourth-order valence-corrected chi connectivity index (χ4v) is 2.18. The number of aryl methyl sites for hydroxylation is 1. The van der Waals surface area contributed by atoms with E-state index in [0.717, 1.165) is 11.1 Å². The molecule has 0 amide bonds. The van der Waals surface area contributed by atoms with Crippen LogP contribution in [-0.2, 0) is 0 Å². The number of phenols is 1. The van der Waals surface area contributed by atoms with E-state index in [1.54, 1.807) is 24.4 Å². The van der Waals surface area contributed by atoms with Crippen LogP contribution in [0.5, 0.6) is 5.75 Å². The molecule has 0 atom stereocenters. The Balaban J connectivity index is 2.02. The Morgan fingerprint density at radius 2 is 1.82 bits per heavy atom. The number of hydrogen-bond acceptors (Lipinski definition) is 4. The van der Waals surface area contributed by atoms with Crippen LogP contribution in [0.1, 0.15) is 21.6 Å². The zero-order valence-electron chi connectivity index (χ0n) is 12.0. The van der Waals surface area contributed by atoms with Gasteiger partial charge < -0.3 is 5.11 Å². The van der Waals surface area contributed by atoms with Crippen molar-refractivity contribution in [2.75, 3.05) is 0 Å². The second-order valence-corrected chi connectivity index (χ2v) is 4.98. The van der Waals surface area contributed by atoms with Gasteiger partial charge in [0.05, 0.1) is 5.56 Å². The van der Waals surface area contributed by atoms with Crippen molar-refractivity contribution in [1.29, 1.82) is 0 Å². The molecule has 0 spiro atoms. The molecule has 4 nitrogen and oxygen atoms in total. The minimum absolute atomic E-state index is 0.0459. The van der Waals surface area contributed by atoms with E-state index in [-0.39, 0.29) is 22.8 Å². The molecule has 108 valence electrons. The molecule has 0 fully saturated rings. The minimum Gasteiger partial charge on any atom is -0.507 e. The van der Waals surface area contributed by atoms with E-state index in [1.165, 1.54) is 6.07 Å². The largest absolute Gasteiger partial charge is 0.507 e. The van der Waals surface area contributed by atoms with Crippen LogP contribution in [0.2, 0.25) is 0 Å². The lowest BCUT2D eigenvalue weighted by molar-refractivity contribution is 0.103. The predicted molar refractivity (Wildman–Crippen MR) is 83.7 cm³/mol. The SMILES string of the molecule is Cc1ccc(O)c(C(=O)c2ccnc(-c3ccccc3)n2)c1. The van der Waals surface area contributed by atoms with E-state index in [4.69, 9.17) is 0 Å². The number of ketones is 1. The Kier molecular flexibility index (Phi) is 3.66. The summed E-state index contributed by atoms with van der Waals surface area (Å²) in [5, 5.41) is 9.89. The molecular weight excluding hydrogens is 276 g/mol. The van der Waals surface area contributed by atoms with Gasteiger partial charge in [-0.2, -0.15) is 0 Å². The third-order valence-corrected chi connectivity index (χ3v) is 3.32. The van der Waals surface area contributed by atoms with Crippen molar-refractivity contribution in [3.63, 3.8) is 0 Å². The summed E-state index contributed by atoms with van der Waals surface area (Å²) < 4.78 is 0. The van der Waals surface area contributed by atoms with Gasteiger partial charge in [-0.15, -0.1) is 0 Å². The highest BCUT2D eigenvalue weighted by Gasteiger charge is 2.16. The van der Waals surface area contributed by atoms with E-state index in [0.29, 0.717) is 5.82 Å². The summed E-state index contributed by atoms with van der Waals surface area (Å²) in [4.78, 5) is 21.1. The van der Waals surface area contributed by atoms with Gasteiger partial charge in [0.1, 0.15) is 11.4 Å². The van der Waals surface area contributed by atoms with E-state index in [9.17, 15) is 9.90 Å². The fourth-order valence-electron chi connectivity index (χ4n) is 2.18. The Morgan fingerprint density at radius 1 is 1.05 bits per heavy atom. The number of carbonyl (C=O) groups is 1. The summed E-state index contributed by atoms with van der Waals surface area (Å²) in [6, 6.07) is 15.9. The maximum atomic E-state index is 12.6. The van der Waals surface area contributed by atoms with Gasteiger partial charge >= 0.3 is 0 Å². The Bertz CT molecular complexity index is 830. The van der Waals surface area contributed by atoms with Crippen molar-refractivity contribution >= 4 is 5.78 Å². The van der Waals surface area contributed by atoms with Crippen LogP contribution in [0.15, 0.2) is 60.8 Å². The van der Waals surface area contributed by atoms with Crippen LogP contribution in [0.4, 0.5) is 0 Å². The third kappa shape index (κ3) is 2.72. The van der Waals surface area contributed by atoms with Crippen molar-refractivity contribution < 1.29 is 9.90 Å². The van der Waals surface area contributed by atoms with Crippen LogP contribution in [0, 0.1) is 6.92 Å². The molecule has 4 heteroatoms. The van der Waals surface area contributed by atoms with E-state index in [1.807, 2.05) is 37.3 Å². The van der Waals surface area contributed by atoms with E-state index >= 15 is 0 Å². The molecule has 0 saturated carbocycles. The number of phenolic OH excluding ortho intramolecular Hbond substituents is 1. The van der Waals surface area contributed by atoms with Crippen molar-refractivity contribution in [3.8, 4) is 17.1 Å². The summed E-state index contributed by atoms with van der Waals surface area (Å²) in [6.07, 6.45) is 1.55. The first kappa shape index (κ1) is 13.9. The zero-order valence-corrected chi connectivity index (χ0v) is 12.0. The molecular formula is C18H14N2O2. The Morgan fingerprint density at radius 3 is 2.59 bits per heavy atom. The molecule has 0 aliphatic carbocycles. The van der Waals surface area contributed by atoms with Gasteiger partial charge in [-0.3, -0.25) is 4.79 Å². The molecule has 0 bridgehead atoms. The molecule has 0 aliphatic rings. The first-order chi connectivity index (χ1) is 10.6. The standard InChI is InChI=1S/C18H14N2O2/c1-12-7-8-16(21)14(11-12)17(22)15-9-10-19-18(20-15)13-5-3-2-4-6-13/h2-11,21H,1H3. The average Bonchev–Trinajstić information content (AvgIpc) is 2.57. The minimum atomic E-state index is -0.319. The normalized spacial score (nSPS) is 10.4. The number of rotatable bonds is 3. The topological polar surface area (TPSA) is 63.1 Å². The average molecular weight is 290 g/mol. The van der Waals surface area contributed by atoms with Crippen molar-refractivity contribution in [2.24, 2.45) is 0 Å². The highest BCUT2D eigenvalue weighted by Crippen LogP contribution is 2.22. The van der Waals surface area contributed by atoms with E-state index < -0.39 is 0 Å². The Hall–Kier alpha value is -3.01. The molecule has 1 heterocycles. The summed E-state index contributed by atoms with van der Waals surface area (Å²) in [7, 11) is 0. The first-order valence-corrected chi connectivity index (χ1v) is 6.88. The molecule has 22 heavy (non-hydrogen) atoms. The van der Waals surface area contributed by atoms with Crippen molar-refractivity contribution in [2.45, 2.75) is 6.92 Å². The second-order valence-electron chi connectivity index (χ2n) is 4.98. The number of nitrogens with zero attached hydrogens (tertiary/aromatic N) is 2. The van der Waals surface area contributed by atoms with Gasteiger partial charge in [0.25, 0.3) is 0 Å². The van der Waals surface area contributed by atoms with Gasteiger partial charge in [-0.1, -0.05) is 42.0 Å². The van der Waals surface area contributed by atoms with Crippen LogP contribution in [0.3, 0.4) is 0 Å². The smallest absolute Gasteiger partial charge is 0.215 e. The lowest BCUT2D eigenvalue weighted by Gasteiger charge is -2.06. The molecule has 1 aromatic heterocycles. The fraction of sp³-hybridized carbons (Fsp3) is 0.0556. The van der Waals surface area contributed by atoms with Crippen LogP contribution >= 0.6 is 0 Å². The van der Waals surface area contributed by atoms with Crippen LogP contribution in [-0.4, -0.2) is 20.9 Å². The van der Waals surface area contributed by atoms with Gasteiger partial charge in [0.15, 0.2) is 5.82 Å². The van der Waals surface area contributed by atoms with E-state index in [2.05, 4.69) is 9.97 Å². The summed E-state index contributed by atoms with van der Waals surface area (Å²) in [5.41, 5.74) is 2.25. The Labute approximate surface area is 128 Å². The second kappa shape index (κ2) is 5.77. The monoisotopic (exact) mass is 290 g/mol. The van der Waals surface area contributed by atoms with Gasteiger partial charge in [-0.05, 0) is 25.1 Å². The molecule has 3 aromatic rings. The third-order valence-electron chi connectivity index (χ3n) is 3.32. The molecule has 0 aliphatic heterocycles. The number of aromatic hydroxyl groups is 1. The quantitative estimate of drug-likeness (QED) is 0.751. The molecule has 0 saturated heterocycles. The van der Waals surface area contributed by atoms with Crippen molar-refractivity contribution in [3.05, 3.63) is 77.6 Å². The molecule has 2 aromatic carbocycles. The molecule has 1 N–H and O–H groups in total. The van der Waals surface area contributed by atoms with Crippen LogP contribution < -0.4 is 0 Å². The predicted octanol–water partition coefficient (Wildman–Crippen LogP) is 3.39. The molecule has 0 radical (unpaired) electrons. The first-order valence-electron chi connectivity index (χ1n) is 6.88. The number of aromatic nitrogens is 2. The van der Waals surface area contributed by atoms with Crippen LogP contribution in [0.25, 0.3) is 11.4 Å². The number of carbonyl (C=O) groups excluding carboxylic acids is 1. The van der Waals surface area contributed by atoms with Gasteiger partial charge in [-0.25, -0.2) is 9.97 Å². The highest BCUT2D eigenvalue weighted by atomic mass is 16.3. The van der Waals surface area contributed by atoms with Gasteiger partial charge in [0, 0.05) is 11.8 Å². The number of benzene rings is 2. The molecule has 0 unspecified atom stereocenters. The number of hydrogen-bond donors (Lipinski definition) is 1. The van der Waals surface area contributed by atoms with Crippen molar-refractivity contribution in [1.82, 2.24) is 9.97 Å². The molecule has 3 rings (SSSR count). The summed E-state index contributed by atoms with van der Waals surface area (Å²) >= 11 is 0. The zero-order chi connectivity index (χ0) is 15.5. The maximum Gasteiger partial charge on any atom is 0.215 e. The highest BCUT2D eigenvalue weighted by molar-refractivity contribution is 6.09. The summed E-state index contributed by atoms with van der Waals surface area (Å²) in [6.45, 7) is 1.87. The lowest BCUT2D eigenvalue weighted by Crippen LogP contribution is -2.06. The maximum absolute atomic E-state index is 12.6. The lowest BCUT2D eigenvalue weighted by atomic mass is 10.0. The van der Waals surface area contributed by atoms with Gasteiger partial charge in [0.2, 0.25) is 5.78 Å².